The molecule has 42 heavy (non-hydrogen) atoms. The number of carbonyl (C=O) groups excluding carboxylic acids is 2. The first-order chi connectivity index (χ1) is 20.1. The van der Waals surface area contributed by atoms with Crippen molar-refractivity contribution in [2.45, 2.75) is 75.9 Å². The maximum absolute atomic E-state index is 14.2. The molecule has 1 fully saturated rings. The van der Waals surface area contributed by atoms with Crippen LogP contribution in [0.3, 0.4) is 0 Å². The summed E-state index contributed by atoms with van der Waals surface area (Å²) in [4.78, 5) is 29.4. The van der Waals surface area contributed by atoms with Gasteiger partial charge in [0.25, 0.3) is 10.0 Å². The lowest BCUT2D eigenvalue weighted by molar-refractivity contribution is -0.140. The third kappa shape index (κ3) is 7.94. The molecule has 0 heterocycles. The second kappa shape index (κ2) is 14.5. The summed E-state index contributed by atoms with van der Waals surface area (Å²) in [5, 5.41) is 3.62. The monoisotopic (exact) mass is 673 g/mol. The van der Waals surface area contributed by atoms with Crippen LogP contribution in [0.4, 0.5) is 5.69 Å². The quantitative estimate of drug-likeness (QED) is 0.241. The second-order valence-electron chi connectivity index (χ2n) is 10.7. The molecule has 2 amide bonds. The van der Waals surface area contributed by atoms with Crippen LogP contribution in [0.2, 0.25) is 5.02 Å². The summed E-state index contributed by atoms with van der Waals surface area (Å²) in [5.41, 5.74) is 1.93. The zero-order valence-electron chi connectivity index (χ0n) is 23.9. The summed E-state index contributed by atoms with van der Waals surface area (Å²) in [6.45, 7) is 3.30. The molecule has 1 unspecified atom stereocenters. The fourth-order valence-electron chi connectivity index (χ4n) is 5.25. The van der Waals surface area contributed by atoms with E-state index >= 15 is 0 Å². The number of aryl methyl sites for hydroxylation is 1. The maximum atomic E-state index is 14.2. The van der Waals surface area contributed by atoms with E-state index in [0.29, 0.717) is 22.7 Å². The highest BCUT2D eigenvalue weighted by Crippen LogP contribution is 2.27. The Morgan fingerprint density at radius 3 is 2.24 bits per heavy atom. The Bertz CT molecular complexity index is 1480. The normalized spacial score (nSPS) is 14.7. The van der Waals surface area contributed by atoms with Crippen molar-refractivity contribution >= 4 is 55.1 Å². The van der Waals surface area contributed by atoms with Crippen molar-refractivity contribution in [1.82, 2.24) is 10.2 Å². The topological polar surface area (TPSA) is 86.8 Å². The molecule has 3 aromatic rings. The van der Waals surface area contributed by atoms with E-state index in [-0.39, 0.29) is 23.4 Å². The van der Waals surface area contributed by atoms with Gasteiger partial charge in [-0.1, -0.05) is 89.6 Å². The van der Waals surface area contributed by atoms with Crippen LogP contribution in [0.15, 0.2) is 82.2 Å². The molecule has 0 aliphatic heterocycles. The average Bonchev–Trinajstić information content (AvgIpc) is 2.98. The van der Waals surface area contributed by atoms with Crippen LogP contribution in [-0.4, -0.2) is 43.8 Å². The molecule has 0 radical (unpaired) electrons. The Hall–Kier alpha value is -2.88. The Morgan fingerprint density at radius 2 is 1.62 bits per heavy atom. The first kappa shape index (κ1) is 32.0. The molecule has 0 saturated heterocycles. The van der Waals surface area contributed by atoms with Gasteiger partial charge in [0.15, 0.2) is 0 Å². The van der Waals surface area contributed by atoms with E-state index in [1.807, 2.05) is 26.0 Å². The summed E-state index contributed by atoms with van der Waals surface area (Å²) < 4.78 is 29.8. The predicted molar refractivity (Wildman–Crippen MR) is 171 cm³/mol. The van der Waals surface area contributed by atoms with Crippen molar-refractivity contribution < 1.29 is 18.0 Å². The van der Waals surface area contributed by atoms with E-state index in [9.17, 15) is 18.0 Å². The van der Waals surface area contributed by atoms with Gasteiger partial charge in [0.2, 0.25) is 11.8 Å². The Labute approximate surface area is 262 Å². The van der Waals surface area contributed by atoms with Crippen LogP contribution in [0, 0.1) is 6.92 Å². The molecule has 3 aromatic carbocycles. The lowest BCUT2D eigenvalue weighted by Crippen LogP contribution is -2.54. The van der Waals surface area contributed by atoms with Gasteiger partial charge in [-0.25, -0.2) is 8.42 Å². The molecule has 224 valence electrons. The first-order valence-corrected chi connectivity index (χ1v) is 16.9. The van der Waals surface area contributed by atoms with Crippen molar-refractivity contribution in [3.8, 4) is 0 Å². The van der Waals surface area contributed by atoms with E-state index in [0.717, 1.165) is 46.4 Å². The highest BCUT2D eigenvalue weighted by atomic mass is 79.9. The molecule has 1 atom stereocenters. The highest BCUT2D eigenvalue weighted by Gasteiger charge is 2.34. The lowest BCUT2D eigenvalue weighted by Gasteiger charge is -2.34. The van der Waals surface area contributed by atoms with Crippen LogP contribution < -0.4 is 9.62 Å². The summed E-state index contributed by atoms with van der Waals surface area (Å²) in [5.74, 6) is -0.736. The SMILES string of the molecule is CCC(C(=O)NC1CCCCC1)N(Cc1ccccc1Cl)C(=O)CN(c1ccc(Br)cc1)S(=O)(=O)c1ccc(C)cc1. The highest BCUT2D eigenvalue weighted by molar-refractivity contribution is 9.10. The fourth-order valence-corrected chi connectivity index (χ4v) is 7.12. The third-order valence-electron chi connectivity index (χ3n) is 7.64. The molecule has 1 N–H and O–H groups in total. The molecule has 1 saturated carbocycles. The summed E-state index contributed by atoms with van der Waals surface area (Å²) in [6.07, 6.45) is 5.45. The minimum absolute atomic E-state index is 0.0634. The van der Waals surface area contributed by atoms with Gasteiger partial charge in [-0.15, -0.1) is 0 Å². The van der Waals surface area contributed by atoms with Crippen molar-refractivity contribution in [3.63, 3.8) is 0 Å². The van der Waals surface area contributed by atoms with Crippen molar-refractivity contribution in [2.75, 3.05) is 10.8 Å². The molecule has 7 nitrogen and oxygen atoms in total. The zero-order valence-corrected chi connectivity index (χ0v) is 27.1. The Kier molecular flexibility index (Phi) is 11.1. The van der Waals surface area contributed by atoms with Gasteiger partial charge in [-0.3, -0.25) is 13.9 Å². The number of anilines is 1. The third-order valence-corrected chi connectivity index (χ3v) is 10.3. The van der Waals surface area contributed by atoms with Gasteiger partial charge >= 0.3 is 0 Å². The smallest absolute Gasteiger partial charge is 0.264 e. The number of rotatable bonds is 11. The number of hydrogen-bond donors (Lipinski definition) is 1. The molecule has 0 aromatic heterocycles. The number of hydrogen-bond acceptors (Lipinski definition) is 4. The zero-order chi connectivity index (χ0) is 30.3. The Morgan fingerprint density at radius 1 is 0.976 bits per heavy atom. The van der Waals surface area contributed by atoms with Crippen molar-refractivity contribution in [2.24, 2.45) is 0 Å². The predicted octanol–water partition coefficient (Wildman–Crippen LogP) is 6.86. The second-order valence-corrected chi connectivity index (χ2v) is 13.9. The maximum Gasteiger partial charge on any atom is 0.264 e. The minimum Gasteiger partial charge on any atom is -0.352 e. The molecule has 0 spiro atoms. The van der Waals surface area contributed by atoms with Gasteiger partial charge < -0.3 is 10.2 Å². The number of nitrogens with zero attached hydrogens (tertiary/aromatic N) is 2. The molecule has 10 heteroatoms. The van der Waals surface area contributed by atoms with E-state index in [1.165, 1.54) is 17.0 Å². The average molecular weight is 675 g/mol. The van der Waals surface area contributed by atoms with E-state index in [1.54, 1.807) is 48.5 Å². The summed E-state index contributed by atoms with van der Waals surface area (Å²) in [7, 11) is -4.12. The lowest BCUT2D eigenvalue weighted by atomic mass is 9.95. The van der Waals surface area contributed by atoms with Gasteiger partial charge in [0, 0.05) is 22.1 Å². The first-order valence-electron chi connectivity index (χ1n) is 14.3. The molecule has 1 aliphatic carbocycles. The number of sulfonamides is 1. The Balaban J connectivity index is 1.71. The summed E-state index contributed by atoms with van der Waals surface area (Å²) >= 11 is 9.89. The van der Waals surface area contributed by atoms with Gasteiger partial charge in [-0.05, 0) is 74.2 Å². The number of benzene rings is 3. The van der Waals surface area contributed by atoms with Crippen LogP contribution >= 0.6 is 27.5 Å². The van der Waals surface area contributed by atoms with Crippen molar-refractivity contribution in [1.29, 1.82) is 0 Å². The number of halogens is 2. The van der Waals surface area contributed by atoms with E-state index in [4.69, 9.17) is 11.6 Å². The largest absolute Gasteiger partial charge is 0.352 e. The van der Waals surface area contributed by atoms with Gasteiger partial charge in [0.1, 0.15) is 12.6 Å². The van der Waals surface area contributed by atoms with Crippen molar-refractivity contribution in [3.05, 3.63) is 93.4 Å². The van der Waals surface area contributed by atoms with E-state index < -0.39 is 28.5 Å². The molecular weight excluding hydrogens is 638 g/mol. The number of carbonyl (C=O) groups is 2. The number of nitrogens with one attached hydrogen (secondary N) is 1. The number of amides is 2. The summed E-state index contributed by atoms with van der Waals surface area (Å²) in [6, 6.07) is 19.7. The molecule has 0 bridgehead atoms. The van der Waals surface area contributed by atoms with E-state index in [2.05, 4.69) is 21.2 Å². The van der Waals surface area contributed by atoms with Crippen LogP contribution in [0.5, 0.6) is 0 Å². The van der Waals surface area contributed by atoms with Crippen LogP contribution in [0.25, 0.3) is 0 Å². The van der Waals surface area contributed by atoms with Gasteiger partial charge in [0.05, 0.1) is 10.6 Å². The molecule has 1 aliphatic rings. The fraction of sp³-hybridized carbons (Fsp3) is 0.375. The standard InChI is InChI=1S/C32H37BrClN3O4S/c1-3-30(32(39)35-26-10-5-4-6-11-26)36(21-24-9-7-8-12-29(24)34)31(38)22-37(27-17-15-25(33)16-18-27)42(40,41)28-19-13-23(2)14-20-28/h7-9,12-20,26,30H,3-6,10-11,21-22H2,1-2H3,(H,35,39). The molecule has 4 rings (SSSR count). The minimum atomic E-state index is -4.12. The van der Waals surface area contributed by atoms with Gasteiger partial charge in [-0.2, -0.15) is 0 Å². The van der Waals surface area contributed by atoms with Crippen LogP contribution in [-0.2, 0) is 26.2 Å². The van der Waals surface area contributed by atoms with Crippen LogP contribution in [0.1, 0.15) is 56.6 Å². The molecular formula is C32H37BrClN3O4S.